The molecule has 2 aliphatic heterocycles. The number of hydrogen-bond acceptors (Lipinski definition) is 4. The molecule has 1 aromatic rings. The normalized spacial score (nSPS) is 20.0. The van der Waals surface area contributed by atoms with E-state index < -0.39 is 11.2 Å². The average molecular weight is 235 g/mol. The Labute approximate surface area is 97.6 Å². The summed E-state index contributed by atoms with van der Waals surface area (Å²) >= 11 is 0. The molecule has 1 saturated heterocycles. The topological polar surface area (TPSA) is 65.8 Å². The van der Waals surface area contributed by atoms with Gasteiger partial charge < -0.3 is 9.67 Å². The zero-order chi connectivity index (χ0) is 12.0. The molecule has 1 aromatic heterocycles. The van der Waals surface area contributed by atoms with Crippen LogP contribution in [0.3, 0.4) is 0 Å². The highest BCUT2D eigenvalue weighted by Gasteiger charge is 2.34. The minimum Gasteiger partial charge on any atom is -0.503 e. The Morgan fingerprint density at radius 3 is 2.76 bits per heavy atom. The van der Waals surface area contributed by atoms with Gasteiger partial charge in [-0.3, -0.25) is 14.6 Å². The molecular weight excluding hydrogens is 222 g/mol. The first-order valence-corrected chi connectivity index (χ1v) is 5.67. The van der Waals surface area contributed by atoms with Gasteiger partial charge in [-0.25, -0.2) is 0 Å². The SMILES string of the molecule is O=C1c2c(O)c(=O)ccn2CN2CCCCN12. The minimum atomic E-state index is -0.505. The molecule has 0 aromatic carbocycles. The molecule has 6 heteroatoms. The van der Waals surface area contributed by atoms with Gasteiger partial charge in [-0.1, -0.05) is 0 Å². The van der Waals surface area contributed by atoms with Gasteiger partial charge in [-0.05, 0) is 12.8 Å². The molecule has 0 aliphatic carbocycles. The van der Waals surface area contributed by atoms with Gasteiger partial charge in [0.2, 0.25) is 5.43 Å². The van der Waals surface area contributed by atoms with E-state index >= 15 is 0 Å². The number of nitrogens with zero attached hydrogens (tertiary/aromatic N) is 3. The number of aromatic nitrogens is 1. The smallest absolute Gasteiger partial charge is 0.288 e. The highest BCUT2D eigenvalue weighted by atomic mass is 16.3. The number of aromatic hydroxyl groups is 1. The van der Waals surface area contributed by atoms with Crippen LogP contribution in [0.2, 0.25) is 0 Å². The average Bonchev–Trinajstić information content (AvgIpc) is 2.34. The summed E-state index contributed by atoms with van der Waals surface area (Å²) in [5.41, 5.74) is -0.397. The molecule has 0 atom stereocenters. The molecule has 0 radical (unpaired) electrons. The predicted molar refractivity (Wildman–Crippen MR) is 59.3 cm³/mol. The Bertz CT molecular complexity index is 537. The van der Waals surface area contributed by atoms with Gasteiger partial charge >= 0.3 is 0 Å². The van der Waals surface area contributed by atoms with Gasteiger partial charge in [-0.15, -0.1) is 0 Å². The van der Waals surface area contributed by atoms with Gasteiger partial charge in [0.15, 0.2) is 11.4 Å². The number of pyridine rings is 1. The summed E-state index contributed by atoms with van der Waals surface area (Å²) in [7, 11) is 0. The van der Waals surface area contributed by atoms with Gasteiger partial charge in [0.25, 0.3) is 5.91 Å². The molecule has 1 fully saturated rings. The maximum Gasteiger partial charge on any atom is 0.288 e. The van der Waals surface area contributed by atoms with E-state index in [-0.39, 0.29) is 11.6 Å². The Morgan fingerprint density at radius 2 is 1.94 bits per heavy atom. The lowest BCUT2D eigenvalue weighted by atomic mass is 10.2. The Kier molecular flexibility index (Phi) is 2.19. The first kappa shape index (κ1) is 10.3. The fourth-order valence-electron chi connectivity index (χ4n) is 2.40. The number of fused-ring (bicyclic) bond motifs is 2. The van der Waals surface area contributed by atoms with Crippen molar-refractivity contribution in [1.82, 2.24) is 14.6 Å². The van der Waals surface area contributed by atoms with E-state index in [2.05, 4.69) is 0 Å². The summed E-state index contributed by atoms with van der Waals surface area (Å²) in [6.45, 7) is 1.99. The van der Waals surface area contributed by atoms with Crippen LogP contribution in [0.25, 0.3) is 0 Å². The van der Waals surface area contributed by atoms with Crippen LogP contribution in [0, 0.1) is 0 Å². The lowest BCUT2D eigenvalue weighted by Gasteiger charge is -2.42. The third kappa shape index (κ3) is 1.44. The van der Waals surface area contributed by atoms with Crippen molar-refractivity contribution in [1.29, 1.82) is 0 Å². The van der Waals surface area contributed by atoms with E-state index in [1.165, 1.54) is 6.07 Å². The van der Waals surface area contributed by atoms with Crippen molar-refractivity contribution < 1.29 is 9.90 Å². The maximum atomic E-state index is 12.2. The van der Waals surface area contributed by atoms with Crippen LogP contribution in [0.15, 0.2) is 17.1 Å². The van der Waals surface area contributed by atoms with Gasteiger partial charge in [-0.2, -0.15) is 5.01 Å². The van der Waals surface area contributed by atoms with E-state index in [0.717, 1.165) is 19.4 Å². The zero-order valence-electron chi connectivity index (χ0n) is 9.30. The molecule has 0 saturated carbocycles. The van der Waals surface area contributed by atoms with Gasteiger partial charge in [0, 0.05) is 25.4 Å². The maximum absolute atomic E-state index is 12.2. The number of hydrogen-bond donors (Lipinski definition) is 1. The lowest BCUT2D eigenvalue weighted by molar-refractivity contribution is -0.0621. The molecule has 3 heterocycles. The van der Waals surface area contributed by atoms with Crippen LogP contribution in [0.1, 0.15) is 23.3 Å². The highest BCUT2D eigenvalue weighted by molar-refractivity contribution is 5.95. The van der Waals surface area contributed by atoms with Crippen LogP contribution in [-0.2, 0) is 6.67 Å². The monoisotopic (exact) mass is 235 g/mol. The summed E-state index contributed by atoms with van der Waals surface area (Å²) < 4.78 is 1.63. The van der Waals surface area contributed by atoms with Gasteiger partial charge in [0.05, 0.1) is 6.67 Å². The van der Waals surface area contributed by atoms with Crippen LogP contribution < -0.4 is 5.43 Å². The fourth-order valence-corrected chi connectivity index (χ4v) is 2.40. The molecule has 0 bridgehead atoms. The number of carbonyl (C=O) groups is 1. The van der Waals surface area contributed by atoms with Gasteiger partial charge in [0.1, 0.15) is 0 Å². The number of carbonyl (C=O) groups excluding carboxylic acids is 1. The molecule has 0 unspecified atom stereocenters. The Balaban J connectivity index is 2.13. The summed E-state index contributed by atoms with van der Waals surface area (Å²) in [4.78, 5) is 23.5. The molecule has 2 aliphatic rings. The minimum absolute atomic E-state index is 0.107. The quantitative estimate of drug-likeness (QED) is 0.686. The molecule has 1 amide bonds. The summed E-state index contributed by atoms with van der Waals surface area (Å²) in [5.74, 6) is -0.728. The molecule has 0 spiro atoms. The molecule has 3 rings (SSSR count). The second kappa shape index (κ2) is 3.59. The van der Waals surface area contributed by atoms with E-state index in [9.17, 15) is 14.7 Å². The highest BCUT2D eigenvalue weighted by Crippen LogP contribution is 2.24. The number of rotatable bonds is 0. The van der Waals surface area contributed by atoms with Crippen molar-refractivity contribution in [3.05, 3.63) is 28.2 Å². The van der Waals surface area contributed by atoms with Crippen LogP contribution in [0.5, 0.6) is 5.75 Å². The van der Waals surface area contributed by atoms with E-state index in [4.69, 9.17) is 0 Å². The van der Waals surface area contributed by atoms with E-state index in [0.29, 0.717) is 13.2 Å². The number of amides is 1. The predicted octanol–water partition coefficient (Wildman–Crippen LogP) is -0.0220. The van der Waals surface area contributed by atoms with Crippen LogP contribution in [-0.4, -0.2) is 38.7 Å². The third-order valence-corrected chi connectivity index (χ3v) is 3.28. The lowest BCUT2D eigenvalue weighted by Crippen LogP contribution is -2.55. The van der Waals surface area contributed by atoms with Crippen molar-refractivity contribution in [2.75, 3.05) is 13.1 Å². The standard InChI is InChI=1S/C11H13N3O3/c15-8-3-6-12-7-13-4-1-2-5-14(13)11(17)9(12)10(8)16/h3,6,16H,1-2,4-5,7H2. The first-order chi connectivity index (χ1) is 8.18. The second-order valence-corrected chi connectivity index (χ2v) is 4.35. The third-order valence-electron chi connectivity index (χ3n) is 3.28. The van der Waals surface area contributed by atoms with Crippen molar-refractivity contribution in [3.8, 4) is 5.75 Å². The second-order valence-electron chi connectivity index (χ2n) is 4.35. The van der Waals surface area contributed by atoms with Crippen molar-refractivity contribution in [2.24, 2.45) is 0 Å². The molecule has 1 N–H and O–H groups in total. The molecule has 6 nitrogen and oxygen atoms in total. The summed E-state index contributed by atoms with van der Waals surface area (Å²) in [5, 5.41) is 13.3. The summed E-state index contributed by atoms with van der Waals surface area (Å²) in [6, 6.07) is 1.28. The first-order valence-electron chi connectivity index (χ1n) is 5.67. The molecule has 90 valence electrons. The Morgan fingerprint density at radius 1 is 1.18 bits per heavy atom. The summed E-state index contributed by atoms with van der Waals surface area (Å²) in [6.07, 6.45) is 3.58. The fraction of sp³-hybridized carbons (Fsp3) is 0.455. The van der Waals surface area contributed by atoms with E-state index in [1.807, 2.05) is 5.01 Å². The molecule has 17 heavy (non-hydrogen) atoms. The van der Waals surface area contributed by atoms with E-state index in [1.54, 1.807) is 15.8 Å². The van der Waals surface area contributed by atoms with Crippen molar-refractivity contribution in [2.45, 2.75) is 19.5 Å². The van der Waals surface area contributed by atoms with Crippen molar-refractivity contribution >= 4 is 5.91 Å². The van der Waals surface area contributed by atoms with Crippen LogP contribution in [0.4, 0.5) is 0 Å². The largest absolute Gasteiger partial charge is 0.503 e. The molecular formula is C11H13N3O3. The van der Waals surface area contributed by atoms with Crippen molar-refractivity contribution in [3.63, 3.8) is 0 Å². The Hall–Kier alpha value is -1.82. The zero-order valence-corrected chi connectivity index (χ0v) is 9.30. The van der Waals surface area contributed by atoms with Crippen LogP contribution >= 0.6 is 0 Å². The number of hydrazine groups is 1.